The SMILES string of the molecule is COc1cc(N(C)C(C)Cc2cccs2)c(N)cc1F. The van der Waals surface area contributed by atoms with Crippen molar-refractivity contribution in [2.75, 3.05) is 24.8 Å². The van der Waals surface area contributed by atoms with Crippen LogP contribution < -0.4 is 15.4 Å². The van der Waals surface area contributed by atoms with Crippen LogP contribution in [0, 0.1) is 5.82 Å². The molecule has 2 aromatic rings. The summed E-state index contributed by atoms with van der Waals surface area (Å²) in [6.45, 7) is 2.12. The molecule has 0 spiro atoms. The normalized spacial score (nSPS) is 12.2. The van der Waals surface area contributed by atoms with E-state index < -0.39 is 5.82 Å². The minimum Gasteiger partial charge on any atom is -0.494 e. The monoisotopic (exact) mass is 294 g/mol. The van der Waals surface area contributed by atoms with E-state index in [2.05, 4.69) is 23.3 Å². The number of ether oxygens (including phenoxy) is 1. The molecule has 3 nitrogen and oxygen atoms in total. The highest BCUT2D eigenvalue weighted by Crippen LogP contribution is 2.31. The lowest BCUT2D eigenvalue weighted by molar-refractivity contribution is 0.386. The Bertz CT molecular complexity index is 572. The standard InChI is InChI=1S/C15H19FN2OS/c1-10(7-11-5-4-6-20-11)18(2)14-9-15(19-3)12(16)8-13(14)17/h4-6,8-10H,7,17H2,1-3H3. The third-order valence-electron chi connectivity index (χ3n) is 3.42. The van der Waals surface area contributed by atoms with E-state index >= 15 is 0 Å². The first-order chi connectivity index (χ1) is 9.52. The second-order valence-electron chi connectivity index (χ2n) is 4.79. The lowest BCUT2D eigenvalue weighted by Gasteiger charge is -2.28. The maximum Gasteiger partial charge on any atom is 0.167 e. The van der Waals surface area contributed by atoms with Crippen molar-refractivity contribution in [2.24, 2.45) is 0 Å². The number of nitrogens with zero attached hydrogens (tertiary/aromatic N) is 1. The third-order valence-corrected chi connectivity index (χ3v) is 4.32. The fraction of sp³-hybridized carbons (Fsp3) is 0.333. The van der Waals surface area contributed by atoms with Gasteiger partial charge in [-0.3, -0.25) is 0 Å². The number of nitrogen functional groups attached to an aromatic ring is 1. The van der Waals surface area contributed by atoms with E-state index in [1.54, 1.807) is 17.4 Å². The Labute approximate surface area is 122 Å². The molecule has 5 heteroatoms. The summed E-state index contributed by atoms with van der Waals surface area (Å²) >= 11 is 1.74. The Kier molecular flexibility index (Phi) is 4.49. The smallest absolute Gasteiger partial charge is 0.167 e. The van der Waals surface area contributed by atoms with Gasteiger partial charge in [0, 0.05) is 36.5 Å². The lowest BCUT2D eigenvalue weighted by atomic mass is 10.1. The van der Waals surface area contributed by atoms with Gasteiger partial charge in [0.1, 0.15) is 0 Å². The molecule has 1 aromatic heterocycles. The highest BCUT2D eigenvalue weighted by atomic mass is 32.1. The zero-order valence-electron chi connectivity index (χ0n) is 11.9. The number of rotatable bonds is 5. The number of halogens is 1. The minimum atomic E-state index is -0.437. The summed E-state index contributed by atoms with van der Waals surface area (Å²) < 4.78 is 18.6. The second kappa shape index (κ2) is 6.13. The fourth-order valence-corrected chi connectivity index (χ4v) is 2.94. The molecule has 0 amide bonds. The van der Waals surface area contributed by atoms with Gasteiger partial charge in [-0.2, -0.15) is 0 Å². The second-order valence-corrected chi connectivity index (χ2v) is 5.82. The van der Waals surface area contributed by atoms with Gasteiger partial charge in [0.25, 0.3) is 0 Å². The van der Waals surface area contributed by atoms with Crippen molar-refractivity contribution in [3.63, 3.8) is 0 Å². The van der Waals surface area contributed by atoms with Gasteiger partial charge in [-0.25, -0.2) is 4.39 Å². The molecule has 0 aliphatic rings. The maximum atomic E-state index is 13.6. The molecule has 20 heavy (non-hydrogen) atoms. The van der Waals surface area contributed by atoms with Crippen LogP contribution in [0.25, 0.3) is 0 Å². The molecule has 2 N–H and O–H groups in total. The molecule has 0 aliphatic heterocycles. The van der Waals surface area contributed by atoms with Gasteiger partial charge in [-0.15, -0.1) is 11.3 Å². The molecule has 1 heterocycles. The molecule has 0 fully saturated rings. The van der Waals surface area contributed by atoms with Gasteiger partial charge in [-0.05, 0) is 18.4 Å². The zero-order chi connectivity index (χ0) is 14.7. The predicted octanol–water partition coefficient (Wildman–Crippen LogP) is 3.55. The number of hydrogen-bond donors (Lipinski definition) is 1. The van der Waals surface area contributed by atoms with Crippen molar-refractivity contribution in [1.82, 2.24) is 0 Å². The van der Waals surface area contributed by atoms with Crippen LogP contribution in [-0.4, -0.2) is 20.2 Å². The van der Waals surface area contributed by atoms with Crippen molar-refractivity contribution < 1.29 is 9.13 Å². The molecule has 0 saturated heterocycles. The van der Waals surface area contributed by atoms with E-state index in [4.69, 9.17) is 10.5 Å². The number of nitrogens with two attached hydrogens (primary N) is 1. The predicted molar refractivity (Wildman–Crippen MR) is 83.3 cm³/mol. The van der Waals surface area contributed by atoms with E-state index in [1.165, 1.54) is 18.1 Å². The number of methoxy groups -OCH3 is 1. The van der Waals surface area contributed by atoms with E-state index in [0.29, 0.717) is 5.69 Å². The van der Waals surface area contributed by atoms with Crippen molar-refractivity contribution in [3.05, 3.63) is 40.3 Å². The fourth-order valence-electron chi connectivity index (χ4n) is 2.11. The molecule has 1 unspecified atom stereocenters. The molecule has 1 atom stereocenters. The largest absolute Gasteiger partial charge is 0.494 e. The van der Waals surface area contributed by atoms with Crippen LogP contribution in [0.3, 0.4) is 0 Å². The van der Waals surface area contributed by atoms with E-state index in [9.17, 15) is 4.39 Å². The number of anilines is 2. The molecule has 108 valence electrons. The van der Waals surface area contributed by atoms with Gasteiger partial charge in [0.15, 0.2) is 11.6 Å². The van der Waals surface area contributed by atoms with Gasteiger partial charge < -0.3 is 15.4 Å². The van der Waals surface area contributed by atoms with E-state index in [-0.39, 0.29) is 11.8 Å². The molecule has 0 saturated carbocycles. The summed E-state index contributed by atoms with van der Waals surface area (Å²) in [4.78, 5) is 3.37. The summed E-state index contributed by atoms with van der Waals surface area (Å²) in [6, 6.07) is 7.37. The first kappa shape index (κ1) is 14.7. The van der Waals surface area contributed by atoms with E-state index in [0.717, 1.165) is 12.1 Å². The van der Waals surface area contributed by atoms with Crippen molar-refractivity contribution >= 4 is 22.7 Å². The van der Waals surface area contributed by atoms with Crippen molar-refractivity contribution in [1.29, 1.82) is 0 Å². The summed E-state index contributed by atoms with van der Waals surface area (Å²) in [5.74, 6) is -0.225. The van der Waals surface area contributed by atoms with Crippen LogP contribution in [0.1, 0.15) is 11.8 Å². The average Bonchev–Trinajstić information content (AvgIpc) is 2.91. The van der Waals surface area contributed by atoms with Gasteiger partial charge in [-0.1, -0.05) is 6.07 Å². The van der Waals surface area contributed by atoms with Crippen LogP contribution in [-0.2, 0) is 6.42 Å². The minimum absolute atomic E-state index is 0.212. The third kappa shape index (κ3) is 3.04. The van der Waals surface area contributed by atoms with Gasteiger partial charge >= 0.3 is 0 Å². The first-order valence-corrected chi connectivity index (χ1v) is 7.29. The molecule has 0 bridgehead atoms. The van der Waals surface area contributed by atoms with Crippen LogP contribution in [0.4, 0.5) is 15.8 Å². The Morgan fingerprint density at radius 1 is 1.45 bits per heavy atom. The first-order valence-electron chi connectivity index (χ1n) is 6.41. The molecular weight excluding hydrogens is 275 g/mol. The molecule has 2 rings (SSSR count). The van der Waals surface area contributed by atoms with Crippen LogP contribution in [0.2, 0.25) is 0 Å². The maximum absolute atomic E-state index is 13.6. The van der Waals surface area contributed by atoms with Crippen LogP contribution in [0.5, 0.6) is 5.75 Å². The number of hydrogen-bond acceptors (Lipinski definition) is 4. The van der Waals surface area contributed by atoms with Gasteiger partial charge in [0.05, 0.1) is 18.5 Å². The Hall–Kier alpha value is -1.75. The Balaban J connectivity index is 2.21. The van der Waals surface area contributed by atoms with Crippen molar-refractivity contribution in [3.8, 4) is 5.75 Å². The molecule has 0 radical (unpaired) electrons. The highest BCUT2D eigenvalue weighted by Gasteiger charge is 2.16. The summed E-state index contributed by atoms with van der Waals surface area (Å²) in [5.41, 5.74) is 7.13. The quantitative estimate of drug-likeness (QED) is 0.857. The zero-order valence-corrected chi connectivity index (χ0v) is 12.7. The van der Waals surface area contributed by atoms with Crippen LogP contribution in [0.15, 0.2) is 29.6 Å². The molecule has 0 aliphatic carbocycles. The molecular formula is C15H19FN2OS. The summed E-state index contributed by atoms with van der Waals surface area (Å²) in [6.07, 6.45) is 0.924. The number of thiophene rings is 1. The van der Waals surface area contributed by atoms with Crippen molar-refractivity contribution in [2.45, 2.75) is 19.4 Å². The van der Waals surface area contributed by atoms with E-state index in [1.807, 2.05) is 13.1 Å². The lowest BCUT2D eigenvalue weighted by Crippen LogP contribution is -2.31. The highest BCUT2D eigenvalue weighted by molar-refractivity contribution is 7.09. The Morgan fingerprint density at radius 3 is 2.80 bits per heavy atom. The Morgan fingerprint density at radius 2 is 2.20 bits per heavy atom. The average molecular weight is 294 g/mol. The van der Waals surface area contributed by atoms with Gasteiger partial charge in [0.2, 0.25) is 0 Å². The number of benzene rings is 1. The molecule has 1 aromatic carbocycles. The van der Waals surface area contributed by atoms with Crippen LogP contribution >= 0.6 is 11.3 Å². The summed E-state index contributed by atoms with van der Waals surface area (Å²) in [5, 5.41) is 2.07. The summed E-state index contributed by atoms with van der Waals surface area (Å²) in [7, 11) is 3.41. The topological polar surface area (TPSA) is 38.5 Å². The number of likely N-dealkylation sites (N-methyl/N-ethyl adjacent to an activating group) is 1.